The monoisotopic (exact) mass is 422 g/mol. The maximum absolute atomic E-state index is 12.4. The molecular weight excluding hydrogens is 395 g/mol. The molecule has 5 nitrogen and oxygen atoms in total. The number of carbonyl (C=O) groups excluding carboxylic acids is 1. The second-order valence-corrected chi connectivity index (χ2v) is 6.97. The summed E-state index contributed by atoms with van der Waals surface area (Å²) in [5, 5.41) is 2.94. The molecule has 0 bridgehead atoms. The predicted octanol–water partition coefficient (Wildman–Crippen LogP) is 4.13. The van der Waals surface area contributed by atoms with E-state index in [9.17, 15) is 4.79 Å². The van der Waals surface area contributed by atoms with Crippen LogP contribution in [0.3, 0.4) is 0 Å². The summed E-state index contributed by atoms with van der Waals surface area (Å²) in [7, 11) is 0. The Labute approximate surface area is 178 Å². The van der Waals surface area contributed by atoms with Crippen LogP contribution in [0.4, 0.5) is 0 Å². The number of carbonyl (C=O) groups is 1. The van der Waals surface area contributed by atoms with Gasteiger partial charge in [-0.1, -0.05) is 50.2 Å². The van der Waals surface area contributed by atoms with Crippen LogP contribution in [-0.4, -0.2) is 22.0 Å². The van der Waals surface area contributed by atoms with Crippen LogP contribution in [0.5, 0.6) is 0 Å². The Balaban J connectivity index is 0.00000196. The first-order chi connectivity index (χ1) is 12.5. The first kappa shape index (κ1) is 24.0. The van der Waals surface area contributed by atoms with Crippen molar-refractivity contribution in [3.8, 4) is 0 Å². The molecule has 3 rings (SSSR count). The quantitative estimate of drug-likeness (QED) is 0.626. The maximum Gasteiger partial charge on any atom is 0.240 e. The molecule has 1 atom stereocenters. The molecule has 0 aliphatic rings. The largest absolute Gasteiger partial charge is 0.353 e. The number of hydrogen-bond acceptors (Lipinski definition) is 3. The second-order valence-electron chi connectivity index (χ2n) is 6.97. The van der Waals surface area contributed by atoms with Gasteiger partial charge in [0.05, 0.1) is 11.0 Å². The molecule has 1 unspecified atom stereocenters. The summed E-state index contributed by atoms with van der Waals surface area (Å²) in [6.45, 7) is 6.89. The van der Waals surface area contributed by atoms with Crippen LogP contribution in [0.2, 0.25) is 0 Å². The van der Waals surface area contributed by atoms with Crippen LogP contribution >= 0.6 is 24.8 Å². The number of hydrogen-bond donors (Lipinski definition) is 2. The lowest BCUT2D eigenvalue weighted by molar-refractivity contribution is -0.121. The Hall–Kier alpha value is -2.08. The average Bonchev–Trinajstić information content (AvgIpc) is 2.95. The average molecular weight is 423 g/mol. The standard InChI is InChI=1S/C21H26N4O.2ClH/c1-14(2)16-8-10-17(11-9-16)18(22)12-23-21(26)13-25-15(3)24-19-6-4-5-7-20(19)25;;/h4-11,14,18H,12-13,22H2,1-3H3,(H,23,26);2*1H. The van der Waals surface area contributed by atoms with Gasteiger partial charge in [0.15, 0.2) is 0 Å². The molecule has 0 spiro atoms. The second kappa shape index (κ2) is 10.5. The molecule has 3 aromatic rings. The van der Waals surface area contributed by atoms with Gasteiger partial charge < -0.3 is 15.6 Å². The summed E-state index contributed by atoms with van der Waals surface area (Å²) < 4.78 is 1.92. The van der Waals surface area contributed by atoms with E-state index in [0.717, 1.165) is 22.4 Å². The minimum Gasteiger partial charge on any atom is -0.353 e. The number of imidazole rings is 1. The molecule has 152 valence electrons. The van der Waals surface area contributed by atoms with Crippen molar-refractivity contribution < 1.29 is 4.79 Å². The third-order valence-electron chi connectivity index (χ3n) is 4.70. The number of para-hydroxylation sites is 2. The molecule has 1 heterocycles. The number of aryl methyl sites for hydroxylation is 1. The minimum atomic E-state index is -0.221. The first-order valence-electron chi connectivity index (χ1n) is 8.99. The highest BCUT2D eigenvalue weighted by molar-refractivity contribution is 5.85. The first-order valence-corrected chi connectivity index (χ1v) is 8.99. The number of rotatable bonds is 6. The van der Waals surface area contributed by atoms with Gasteiger partial charge in [-0.2, -0.15) is 0 Å². The van der Waals surface area contributed by atoms with E-state index >= 15 is 0 Å². The van der Waals surface area contributed by atoms with Gasteiger partial charge in [-0.25, -0.2) is 4.98 Å². The van der Waals surface area contributed by atoms with Gasteiger partial charge in [0.2, 0.25) is 5.91 Å². The summed E-state index contributed by atoms with van der Waals surface area (Å²) in [6.07, 6.45) is 0. The fourth-order valence-corrected chi connectivity index (χ4v) is 3.06. The molecule has 0 radical (unpaired) electrons. The number of nitrogens with two attached hydrogens (primary N) is 1. The maximum atomic E-state index is 12.4. The van der Waals surface area contributed by atoms with Crippen molar-refractivity contribution in [2.75, 3.05) is 6.54 Å². The lowest BCUT2D eigenvalue weighted by atomic mass is 9.99. The lowest BCUT2D eigenvalue weighted by Gasteiger charge is -2.15. The van der Waals surface area contributed by atoms with Crippen molar-refractivity contribution >= 4 is 41.8 Å². The zero-order valence-corrected chi connectivity index (χ0v) is 18.0. The molecule has 1 amide bonds. The van der Waals surface area contributed by atoms with E-state index in [4.69, 9.17) is 5.73 Å². The highest BCUT2D eigenvalue weighted by atomic mass is 35.5. The summed E-state index contributed by atoms with van der Waals surface area (Å²) in [4.78, 5) is 16.9. The molecular formula is C21H28Cl2N4O. The van der Waals surface area contributed by atoms with Crippen LogP contribution < -0.4 is 11.1 Å². The molecule has 3 N–H and O–H groups in total. The van der Waals surface area contributed by atoms with Gasteiger partial charge in [0.1, 0.15) is 12.4 Å². The van der Waals surface area contributed by atoms with Crippen molar-refractivity contribution in [1.29, 1.82) is 0 Å². The van der Waals surface area contributed by atoms with Crippen molar-refractivity contribution in [1.82, 2.24) is 14.9 Å². The Morgan fingerprint density at radius 3 is 2.32 bits per heavy atom. The van der Waals surface area contributed by atoms with E-state index < -0.39 is 0 Å². The van der Waals surface area contributed by atoms with E-state index in [-0.39, 0.29) is 43.3 Å². The number of amides is 1. The van der Waals surface area contributed by atoms with Crippen LogP contribution in [0, 0.1) is 6.92 Å². The Morgan fingerprint density at radius 1 is 1.07 bits per heavy atom. The summed E-state index contributed by atoms with van der Waals surface area (Å²) in [5.41, 5.74) is 10.4. The van der Waals surface area contributed by atoms with Crippen LogP contribution in [0.15, 0.2) is 48.5 Å². The van der Waals surface area contributed by atoms with Crippen molar-refractivity contribution in [2.45, 2.75) is 39.3 Å². The van der Waals surface area contributed by atoms with E-state index in [2.05, 4.69) is 36.3 Å². The van der Waals surface area contributed by atoms with Gasteiger partial charge in [0, 0.05) is 12.6 Å². The molecule has 0 saturated heterocycles. The van der Waals surface area contributed by atoms with Gasteiger partial charge in [0.25, 0.3) is 0 Å². The number of halogens is 2. The Morgan fingerprint density at radius 2 is 1.68 bits per heavy atom. The zero-order valence-electron chi connectivity index (χ0n) is 16.4. The number of nitrogens with zero attached hydrogens (tertiary/aromatic N) is 2. The molecule has 0 saturated carbocycles. The van der Waals surface area contributed by atoms with Gasteiger partial charge in [-0.05, 0) is 36.1 Å². The van der Waals surface area contributed by atoms with Crippen molar-refractivity contribution in [3.63, 3.8) is 0 Å². The number of nitrogens with one attached hydrogen (secondary N) is 1. The van der Waals surface area contributed by atoms with E-state index in [1.807, 2.05) is 47.9 Å². The predicted molar refractivity (Wildman–Crippen MR) is 119 cm³/mol. The number of benzene rings is 2. The SMILES string of the molecule is Cc1nc2ccccc2n1CC(=O)NCC(N)c1ccc(C(C)C)cc1.Cl.Cl. The smallest absolute Gasteiger partial charge is 0.240 e. The van der Waals surface area contributed by atoms with Gasteiger partial charge in [-0.15, -0.1) is 24.8 Å². The highest BCUT2D eigenvalue weighted by Gasteiger charge is 2.12. The molecule has 28 heavy (non-hydrogen) atoms. The fraction of sp³-hybridized carbons (Fsp3) is 0.333. The molecule has 2 aromatic carbocycles. The van der Waals surface area contributed by atoms with Crippen molar-refractivity contribution in [2.24, 2.45) is 5.73 Å². The third-order valence-corrected chi connectivity index (χ3v) is 4.70. The normalized spacial score (nSPS) is 11.6. The van der Waals surface area contributed by atoms with Gasteiger partial charge in [-0.3, -0.25) is 4.79 Å². The van der Waals surface area contributed by atoms with E-state index in [1.165, 1.54) is 5.56 Å². The Kier molecular flexibility index (Phi) is 8.95. The minimum absolute atomic E-state index is 0. The van der Waals surface area contributed by atoms with Crippen LogP contribution in [-0.2, 0) is 11.3 Å². The Bertz CT molecular complexity index is 906. The van der Waals surface area contributed by atoms with E-state index in [0.29, 0.717) is 12.5 Å². The van der Waals surface area contributed by atoms with Crippen molar-refractivity contribution in [3.05, 3.63) is 65.5 Å². The summed E-state index contributed by atoms with van der Waals surface area (Å²) in [6, 6.07) is 15.9. The van der Waals surface area contributed by atoms with Crippen LogP contribution in [0.1, 0.15) is 42.8 Å². The molecule has 0 aliphatic heterocycles. The lowest BCUT2D eigenvalue weighted by Crippen LogP contribution is -2.34. The summed E-state index contributed by atoms with van der Waals surface area (Å²) >= 11 is 0. The third kappa shape index (κ3) is 5.47. The van der Waals surface area contributed by atoms with Gasteiger partial charge >= 0.3 is 0 Å². The number of fused-ring (bicyclic) bond motifs is 1. The highest BCUT2D eigenvalue weighted by Crippen LogP contribution is 2.18. The molecule has 0 fully saturated rings. The fourth-order valence-electron chi connectivity index (χ4n) is 3.06. The molecule has 7 heteroatoms. The van der Waals surface area contributed by atoms with E-state index in [1.54, 1.807) is 0 Å². The summed E-state index contributed by atoms with van der Waals surface area (Å²) in [5.74, 6) is 1.26. The topological polar surface area (TPSA) is 72.9 Å². The van der Waals surface area contributed by atoms with Crippen LogP contribution in [0.25, 0.3) is 11.0 Å². The molecule has 0 aliphatic carbocycles. The zero-order chi connectivity index (χ0) is 18.7. The number of aromatic nitrogens is 2. The molecule has 1 aromatic heterocycles.